The van der Waals surface area contributed by atoms with Gasteiger partial charge in [-0.1, -0.05) is 6.42 Å². The third-order valence-corrected chi connectivity index (χ3v) is 7.40. The maximum Gasteiger partial charge on any atom is 0.271 e. The lowest BCUT2D eigenvalue weighted by Crippen LogP contribution is -2.51. The molecule has 0 bridgehead atoms. The number of benzene rings is 1. The SMILES string of the molecule is COc1cc2c(cc1OC)-c1n[nH]c(C(=O)N(C)C[C@@H]3CCCN4CCCC[C@H]34)c1C2. The molecule has 166 valence electrons. The molecule has 0 radical (unpaired) electrons. The van der Waals surface area contributed by atoms with E-state index in [1.807, 2.05) is 24.1 Å². The standard InChI is InChI=1S/C24H32N4O3/c1-27(14-15-7-6-10-28-9-5-4-8-19(15)28)24(29)23-18-11-16-12-20(30-2)21(31-3)13-17(16)22(18)25-26-23/h12-13,15,19H,4-11,14H2,1-3H3,(H,25,26)/t15-,19+/m0/s1. The quantitative estimate of drug-likeness (QED) is 0.680. The highest BCUT2D eigenvalue weighted by atomic mass is 16.5. The van der Waals surface area contributed by atoms with Crippen LogP contribution in [0.1, 0.15) is 53.7 Å². The summed E-state index contributed by atoms with van der Waals surface area (Å²) in [5, 5.41) is 7.54. The van der Waals surface area contributed by atoms with E-state index in [9.17, 15) is 4.79 Å². The van der Waals surface area contributed by atoms with Gasteiger partial charge in [-0.3, -0.25) is 9.89 Å². The van der Waals surface area contributed by atoms with Gasteiger partial charge in [0.05, 0.1) is 19.9 Å². The van der Waals surface area contributed by atoms with Crippen LogP contribution in [0, 0.1) is 5.92 Å². The van der Waals surface area contributed by atoms with Gasteiger partial charge in [-0.2, -0.15) is 5.10 Å². The minimum absolute atomic E-state index is 0.0356. The van der Waals surface area contributed by atoms with Crippen molar-refractivity contribution in [3.8, 4) is 22.8 Å². The van der Waals surface area contributed by atoms with Gasteiger partial charge < -0.3 is 19.3 Å². The molecule has 0 saturated carbocycles. The number of hydrogen-bond acceptors (Lipinski definition) is 5. The number of nitrogens with zero attached hydrogens (tertiary/aromatic N) is 3. The summed E-state index contributed by atoms with van der Waals surface area (Å²) in [6.45, 7) is 3.25. The van der Waals surface area contributed by atoms with Crippen molar-refractivity contribution in [1.82, 2.24) is 20.0 Å². The van der Waals surface area contributed by atoms with Crippen LogP contribution in [-0.2, 0) is 6.42 Å². The lowest BCUT2D eigenvalue weighted by molar-refractivity contribution is 0.0400. The zero-order valence-corrected chi connectivity index (χ0v) is 18.7. The van der Waals surface area contributed by atoms with Crippen LogP contribution in [0.5, 0.6) is 11.5 Å². The van der Waals surface area contributed by atoms with Crippen molar-refractivity contribution in [1.29, 1.82) is 0 Å². The van der Waals surface area contributed by atoms with Crippen LogP contribution in [0.4, 0.5) is 0 Å². The Labute approximate surface area is 183 Å². The Balaban J connectivity index is 1.35. The van der Waals surface area contributed by atoms with Crippen molar-refractivity contribution in [3.05, 3.63) is 29.0 Å². The van der Waals surface area contributed by atoms with Gasteiger partial charge in [-0.25, -0.2) is 0 Å². The topological polar surface area (TPSA) is 70.7 Å². The van der Waals surface area contributed by atoms with E-state index >= 15 is 0 Å². The number of hydrogen-bond donors (Lipinski definition) is 1. The summed E-state index contributed by atoms with van der Waals surface area (Å²) in [4.78, 5) is 17.9. The molecule has 31 heavy (non-hydrogen) atoms. The van der Waals surface area contributed by atoms with Crippen LogP contribution in [0.15, 0.2) is 12.1 Å². The minimum atomic E-state index is 0.0356. The van der Waals surface area contributed by atoms with Gasteiger partial charge in [-0.15, -0.1) is 0 Å². The lowest BCUT2D eigenvalue weighted by Gasteiger charge is -2.45. The third-order valence-electron chi connectivity index (χ3n) is 7.40. The Kier molecular flexibility index (Phi) is 5.38. The molecule has 0 unspecified atom stereocenters. The molecule has 0 spiro atoms. The van der Waals surface area contributed by atoms with Gasteiger partial charge in [0.25, 0.3) is 5.91 Å². The van der Waals surface area contributed by atoms with E-state index in [0.29, 0.717) is 35.6 Å². The number of fused-ring (bicyclic) bond motifs is 4. The molecule has 2 aliphatic heterocycles. The Hall–Kier alpha value is -2.54. The molecule has 1 aromatic carbocycles. The molecule has 1 aromatic heterocycles. The molecule has 2 saturated heterocycles. The number of nitrogens with one attached hydrogen (secondary N) is 1. The number of rotatable bonds is 5. The number of methoxy groups -OCH3 is 2. The fraction of sp³-hybridized carbons (Fsp3) is 0.583. The van der Waals surface area contributed by atoms with Crippen LogP contribution in [0.2, 0.25) is 0 Å². The molecule has 1 amide bonds. The van der Waals surface area contributed by atoms with E-state index in [1.165, 1.54) is 45.2 Å². The fourth-order valence-corrected chi connectivity index (χ4v) is 5.83. The summed E-state index contributed by atoms with van der Waals surface area (Å²) in [5.41, 5.74) is 4.57. The first-order valence-electron chi connectivity index (χ1n) is 11.4. The van der Waals surface area contributed by atoms with Crippen molar-refractivity contribution in [2.75, 3.05) is 40.9 Å². The first kappa shape index (κ1) is 20.4. The zero-order chi connectivity index (χ0) is 21.5. The highest BCUT2D eigenvalue weighted by Crippen LogP contribution is 2.43. The van der Waals surface area contributed by atoms with Crippen molar-refractivity contribution in [3.63, 3.8) is 0 Å². The highest BCUT2D eigenvalue weighted by molar-refractivity contribution is 5.97. The molecule has 1 aliphatic carbocycles. The molecule has 2 atom stereocenters. The maximum absolute atomic E-state index is 13.4. The number of amides is 1. The predicted molar refractivity (Wildman–Crippen MR) is 119 cm³/mol. The number of aromatic amines is 1. The van der Waals surface area contributed by atoms with Crippen molar-refractivity contribution >= 4 is 5.91 Å². The second-order valence-electron chi connectivity index (χ2n) is 9.15. The Morgan fingerprint density at radius 3 is 2.74 bits per heavy atom. The normalized spacial score (nSPS) is 22.4. The second-order valence-corrected chi connectivity index (χ2v) is 9.15. The van der Waals surface area contributed by atoms with Crippen LogP contribution < -0.4 is 9.47 Å². The van der Waals surface area contributed by atoms with E-state index in [0.717, 1.165) is 28.9 Å². The number of ether oxygens (including phenoxy) is 2. The van der Waals surface area contributed by atoms with Gasteiger partial charge in [0, 0.05) is 37.2 Å². The Morgan fingerprint density at radius 2 is 1.94 bits per heavy atom. The van der Waals surface area contributed by atoms with E-state index in [1.54, 1.807) is 14.2 Å². The first-order chi connectivity index (χ1) is 15.1. The van der Waals surface area contributed by atoms with E-state index < -0.39 is 0 Å². The maximum atomic E-state index is 13.4. The number of H-pyrrole nitrogens is 1. The van der Waals surface area contributed by atoms with Crippen LogP contribution in [0.25, 0.3) is 11.3 Å². The molecule has 2 fully saturated rings. The summed E-state index contributed by atoms with van der Waals surface area (Å²) in [6, 6.07) is 4.58. The Morgan fingerprint density at radius 1 is 1.16 bits per heavy atom. The summed E-state index contributed by atoms with van der Waals surface area (Å²) in [5.74, 6) is 1.98. The average molecular weight is 425 g/mol. The van der Waals surface area contributed by atoms with E-state index in [2.05, 4.69) is 15.1 Å². The molecule has 3 aliphatic rings. The summed E-state index contributed by atoms with van der Waals surface area (Å²) < 4.78 is 10.9. The molecule has 7 heteroatoms. The molecular formula is C24H32N4O3. The Bertz CT molecular complexity index is 983. The largest absolute Gasteiger partial charge is 0.493 e. The predicted octanol–water partition coefficient (Wildman–Crippen LogP) is 3.33. The molecule has 5 rings (SSSR count). The third kappa shape index (κ3) is 3.49. The van der Waals surface area contributed by atoms with Gasteiger partial charge in [0.15, 0.2) is 11.5 Å². The van der Waals surface area contributed by atoms with Gasteiger partial charge in [-0.05, 0) is 62.4 Å². The summed E-state index contributed by atoms with van der Waals surface area (Å²) >= 11 is 0. The zero-order valence-electron chi connectivity index (χ0n) is 18.7. The smallest absolute Gasteiger partial charge is 0.271 e. The van der Waals surface area contributed by atoms with Crippen LogP contribution >= 0.6 is 0 Å². The number of carbonyl (C=O) groups is 1. The minimum Gasteiger partial charge on any atom is -0.493 e. The van der Waals surface area contributed by atoms with Crippen LogP contribution in [-0.4, -0.2) is 72.8 Å². The first-order valence-corrected chi connectivity index (χ1v) is 11.4. The summed E-state index contributed by atoms with van der Waals surface area (Å²) in [6.07, 6.45) is 7.02. The summed E-state index contributed by atoms with van der Waals surface area (Å²) in [7, 11) is 5.21. The number of carbonyl (C=O) groups excluding carboxylic acids is 1. The molecular weight excluding hydrogens is 392 g/mol. The number of piperidine rings is 2. The van der Waals surface area contributed by atoms with Gasteiger partial charge in [0.1, 0.15) is 5.69 Å². The molecule has 3 heterocycles. The van der Waals surface area contributed by atoms with Crippen molar-refractivity contribution in [2.45, 2.75) is 44.6 Å². The molecule has 2 aromatic rings. The number of aromatic nitrogens is 2. The van der Waals surface area contributed by atoms with Crippen LogP contribution in [0.3, 0.4) is 0 Å². The van der Waals surface area contributed by atoms with E-state index in [4.69, 9.17) is 9.47 Å². The molecule has 1 N–H and O–H groups in total. The average Bonchev–Trinajstić information content (AvgIpc) is 3.36. The van der Waals surface area contributed by atoms with E-state index in [-0.39, 0.29) is 5.91 Å². The van der Waals surface area contributed by atoms with Gasteiger partial charge in [0.2, 0.25) is 0 Å². The highest BCUT2D eigenvalue weighted by Gasteiger charge is 2.35. The fourth-order valence-electron chi connectivity index (χ4n) is 5.83. The van der Waals surface area contributed by atoms with Crippen molar-refractivity contribution < 1.29 is 14.3 Å². The second kappa shape index (κ2) is 8.19. The lowest BCUT2D eigenvalue weighted by atomic mass is 9.83. The molecule has 7 nitrogen and oxygen atoms in total. The monoisotopic (exact) mass is 424 g/mol. The van der Waals surface area contributed by atoms with Crippen molar-refractivity contribution in [2.24, 2.45) is 5.92 Å². The van der Waals surface area contributed by atoms with Gasteiger partial charge >= 0.3 is 0 Å².